The monoisotopic (exact) mass is 426 g/mol. The number of nitrogens with two attached hydrogens (primary N) is 1. The van der Waals surface area contributed by atoms with Gasteiger partial charge in [0.1, 0.15) is 11.9 Å². The van der Waals surface area contributed by atoms with Gasteiger partial charge in [0, 0.05) is 37.4 Å². The Bertz CT molecular complexity index is 957. The quantitative estimate of drug-likeness (QED) is 0.331. The number of ether oxygens (including phenoxy) is 1. The third kappa shape index (κ3) is 5.28. The molecular formula is C23H27FN4O3. The molecule has 2 aromatic carbocycles. The summed E-state index contributed by atoms with van der Waals surface area (Å²) in [5, 5.41) is 0. The number of methoxy groups -OCH3 is 1. The fourth-order valence-electron chi connectivity index (χ4n) is 3.69. The highest BCUT2D eigenvalue weighted by molar-refractivity contribution is 5.95. The van der Waals surface area contributed by atoms with Gasteiger partial charge < -0.3 is 14.5 Å². The topological polar surface area (TPSA) is 80.4 Å². The maximum Gasteiger partial charge on any atom is 0.327 e. The molecule has 1 aliphatic heterocycles. The van der Waals surface area contributed by atoms with Crippen molar-refractivity contribution >= 4 is 17.6 Å². The van der Waals surface area contributed by atoms with E-state index in [2.05, 4.69) is 16.5 Å². The Hall–Kier alpha value is -3.23. The smallest absolute Gasteiger partial charge is 0.327 e. The highest BCUT2D eigenvalue weighted by Gasteiger charge is 2.31. The van der Waals surface area contributed by atoms with E-state index >= 15 is 0 Å². The maximum atomic E-state index is 14.9. The lowest BCUT2D eigenvalue weighted by Gasteiger charge is -2.39. The number of halogens is 1. The molecule has 1 unspecified atom stereocenters. The molecule has 1 fully saturated rings. The number of hydrogen-bond donors (Lipinski definition) is 1. The predicted octanol–water partition coefficient (Wildman–Crippen LogP) is 3.03. The summed E-state index contributed by atoms with van der Waals surface area (Å²) in [6.07, 6.45) is 0. The molecule has 1 saturated heterocycles. The van der Waals surface area contributed by atoms with Gasteiger partial charge in [0.05, 0.1) is 12.8 Å². The third-order valence-corrected chi connectivity index (χ3v) is 5.16. The molecule has 0 saturated carbocycles. The van der Waals surface area contributed by atoms with Gasteiger partial charge in [0.15, 0.2) is 0 Å². The van der Waals surface area contributed by atoms with Crippen molar-refractivity contribution in [1.82, 2.24) is 4.90 Å². The Labute approximate surface area is 181 Å². The number of aliphatic imine (C=N–C) groups is 1. The van der Waals surface area contributed by atoms with Gasteiger partial charge in [0.2, 0.25) is 5.90 Å². The van der Waals surface area contributed by atoms with E-state index in [-0.39, 0.29) is 11.9 Å². The number of piperazine rings is 1. The van der Waals surface area contributed by atoms with Crippen LogP contribution in [0.25, 0.3) is 0 Å². The van der Waals surface area contributed by atoms with Crippen LogP contribution in [0, 0.1) is 5.82 Å². The Morgan fingerprint density at radius 2 is 1.84 bits per heavy atom. The van der Waals surface area contributed by atoms with Crippen LogP contribution < -0.4 is 10.8 Å². The minimum Gasteiger partial charge on any atom is -0.468 e. The molecule has 7 nitrogen and oxygen atoms in total. The van der Waals surface area contributed by atoms with Gasteiger partial charge in [-0.25, -0.2) is 14.2 Å². The average Bonchev–Trinajstić information content (AvgIpc) is 2.78. The van der Waals surface area contributed by atoms with E-state index in [1.165, 1.54) is 13.2 Å². The van der Waals surface area contributed by atoms with Crippen LogP contribution in [0.3, 0.4) is 0 Å². The Morgan fingerprint density at radius 3 is 2.39 bits per heavy atom. The van der Waals surface area contributed by atoms with Gasteiger partial charge in [-0.05, 0) is 30.7 Å². The molecule has 0 aromatic heterocycles. The Balaban J connectivity index is 1.74. The van der Waals surface area contributed by atoms with Gasteiger partial charge >= 0.3 is 5.97 Å². The lowest BCUT2D eigenvalue weighted by atomic mass is 10.0. The summed E-state index contributed by atoms with van der Waals surface area (Å²) in [7, 11) is 1.39. The van der Waals surface area contributed by atoms with E-state index in [0.717, 1.165) is 5.56 Å². The second kappa shape index (κ2) is 10.2. The molecule has 0 spiro atoms. The van der Waals surface area contributed by atoms with Crippen LogP contribution in [-0.4, -0.2) is 50.1 Å². The van der Waals surface area contributed by atoms with Crippen LogP contribution in [0.15, 0.2) is 65.8 Å². The number of allylic oxidation sites excluding steroid dienone is 1. The first kappa shape index (κ1) is 22.5. The van der Waals surface area contributed by atoms with Crippen molar-refractivity contribution in [2.24, 2.45) is 10.9 Å². The molecular weight excluding hydrogens is 399 g/mol. The van der Waals surface area contributed by atoms with Gasteiger partial charge in [-0.1, -0.05) is 36.9 Å². The molecule has 31 heavy (non-hydrogen) atoms. The lowest BCUT2D eigenvalue weighted by molar-refractivity contribution is -0.147. The number of esters is 1. The fraction of sp³-hybridized carbons (Fsp3) is 0.304. The number of carbonyl (C=O) groups is 1. The molecule has 1 atom stereocenters. The summed E-state index contributed by atoms with van der Waals surface area (Å²) < 4.78 is 19.9. The number of benzene rings is 2. The first-order valence-electron chi connectivity index (χ1n) is 9.97. The van der Waals surface area contributed by atoms with Crippen molar-refractivity contribution in [3.8, 4) is 0 Å². The lowest BCUT2D eigenvalue weighted by Crippen LogP contribution is -2.49. The van der Waals surface area contributed by atoms with Gasteiger partial charge in [-0.3, -0.25) is 4.90 Å². The van der Waals surface area contributed by atoms with Crippen molar-refractivity contribution in [1.29, 1.82) is 0 Å². The van der Waals surface area contributed by atoms with Crippen molar-refractivity contribution in [2.45, 2.75) is 13.0 Å². The van der Waals surface area contributed by atoms with E-state index in [1.807, 2.05) is 35.2 Å². The molecule has 164 valence electrons. The van der Waals surface area contributed by atoms with E-state index in [4.69, 9.17) is 15.5 Å². The van der Waals surface area contributed by atoms with Crippen molar-refractivity contribution in [3.05, 3.63) is 77.8 Å². The first-order valence-corrected chi connectivity index (χ1v) is 9.97. The summed E-state index contributed by atoms with van der Waals surface area (Å²) in [5.41, 5.74) is 2.29. The molecule has 1 aliphatic rings. The van der Waals surface area contributed by atoms with Crippen LogP contribution in [0.2, 0.25) is 0 Å². The molecule has 1 heterocycles. The van der Waals surface area contributed by atoms with Crippen LogP contribution >= 0.6 is 0 Å². The van der Waals surface area contributed by atoms with Crippen LogP contribution in [0.4, 0.5) is 10.1 Å². The average molecular weight is 426 g/mol. The number of nitrogens with zero attached hydrogens (tertiary/aromatic N) is 3. The van der Waals surface area contributed by atoms with Crippen LogP contribution in [0.5, 0.6) is 0 Å². The Morgan fingerprint density at radius 1 is 1.16 bits per heavy atom. The zero-order valence-electron chi connectivity index (χ0n) is 17.8. The van der Waals surface area contributed by atoms with Crippen molar-refractivity contribution < 1.29 is 18.8 Å². The number of rotatable bonds is 6. The fourth-order valence-corrected chi connectivity index (χ4v) is 3.69. The summed E-state index contributed by atoms with van der Waals surface area (Å²) >= 11 is 0. The van der Waals surface area contributed by atoms with E-state index < -0.39 is 11.9 Å². The summed E-state index contributed by atoms with van der Waals surface area (Å²) in [6, 6.07) is 13.8. The van der Waals surface area contributed by atoms with Crippen molar-refractivity contribution in [3.63, 3.8) is 0 Å². The van der Waals surface area contributed by atoms with Gasteiger partial charge in [-0.15, -0.1) is 0 Å². The SMILES string of the molecule is C=C(C)/N=C(\ON)c1ccc(N2CCN(C(C(=O)OC)c3ccccc3)CC2)c(F)c1. The summed E-state index contributed by atoms with van der Waals surface area (Å²) in [4.78, 5) is 25.3. The summed E-state index contributed by atoms with van der Waals surface area (Å²) in [6.45, 7) is 7.68. The minimum atomic E-state index is -0.483. The summed E-state index contributed by atoms with van der Waals surface area (Å²) in [5.74, 6) is 4.66. The normalized spacial score (nSPS) is 16.0. The highest BCUT2D eigenvalue weighted by Crippen LogP contribution is 2.27. The second-order valence-corrected chi connectivity index (χ2v) is 7.30. The van der Waals surface area contributed by atoms with Gasteiger partial charge in [-0.2, -0.15) is 5.90 Å². The predicted molar refractivity (Wildman–Crippen MR) is 118 cm³/mol. The van der Waals surface area contributed by atoms with Crippen LogP contribution in [0.1, 0.15) is 24.1 Å². The Kier molecular flexibility index (Phi) is 7.38. The highest BCUT2D eigenvalue weighted by atomic mass is 19.1. The molecule has 0 radical (unpaired) electrons. The minimum absolute atomic E-state index is 0.103. The zero-order valence-corrected chi connectivity index (χ0v) is 17.8. The number of hydrogen-bond acceptors (Lipinski definition) is 7. The number of carbonyl (C=O) groups excluding carboxylic acids is 1. The molecule has 0 bridgehead atoms. The van der Waals surface area contributed by atoms with Crippen LogP contribution in [-0.2, 0) is 14.4 Å². The molecule has 2 aromatic rings. The molecule has 8 heteroatoms. The number of anilines is 1. The largest absolute Gasteiger partial charge is 0.468 e. The standard InChI is InChI=1S/C23H27FN4O3/c1-16(2)26-22(31-25)18-9-10-20(19(24)15-18)27-11-13-28(14-12-27)21(23(29)30-3)17-7-5-4-6-8-17/h4-10,15,21H,1,11-14,25H2,2-3H3/b26-22-. The van der Waals surface area contributed by atoms with Crippen molar-refractivity contribution in [2.75, 3.05) is 38.2 Å². The third-order valence-electron chi connectivity index (χ3n) is 5.16. The first-order chi connectivity index (χ1) is 14.9. The molecule has 2 N–H and O–H groups in total. The molecule has 3 rings (SSSR count). The molecule has 0 amide bonds. The molecule has 0 aliphatic carbocycles. The van der Waals surface area contributed by atoms with E-state index in [1.54, 1.807) is 19.1 Å². The second-order valence-electron chi connectivity index (χ2n) is 7.30. The van der Waals surface area contributed by atoms with E-state index in [9.17, 15) is 9.18 Å². The van der Waals surface area contributed by atoms with E-state index in [0.29, 0.717) is 43.1 Å². The maximum absolute atomic E-state index is 14.9. The zero-order chi connectivity index (χ0) is 22.4. The van der Waals surface area contributed by atoms with Gasteiger partial charge in [0.25, 0.3) is 0 Å².